The Kier molecular flexibility index (Phi) is 4.27. The van der Waals surface area contributed by atoms with Crippen molar-refractivity contribution in [2.24, 2.45) is 0 Å². The van der Waals surface area contributed by atoms with Crippen LogP contribution in [0.2, 0.25) is 0 Å². The quantitative estimate of drug-likeness (QED) is 0.731. The summed E-state index contributed by atoms with van der Waals surface area (Å²) in [6.07, 6.45) is 8.21. The Morgan fingerprint density at radius 3 is 2.73 bits per heavy atom. The monoisotopic (exact) mass is 226 g/mol. The van der Waals surface area contributed by atoms with Crippen molar-refractivity contribution in [1.29, 1.82) is 0 Å². The third-order valence-electron chi connectivity index (χ3n) is 1.94. The van der Waals surface area contributed by atoms with Crippen molar-refractivity contribution in [1.82, 2.24) is 9.97 Å². The lowest BCUT2D eigenvalue weighted by atomic mass is 10.2. The molecule has 1 aromatic rings. The highest BCUT2D eigenvalue weighted by Gasteiger charge is 1.98. The lowest BCUT2D eigenvalue weighted by Crippen LogP contribution is -2.02. The lowest BCUT2D eigenvalue weighted by molar-refractivity contribution is 0.688. The second-order valence-corrected chi connectivity index (χ2v) is 6.82. The summed E-state index contributed by atoms with van der Waals surface area (Å²) in [5.74, 6) is 0. The summed E-state index contributed by atoms with van der Waals surface area (Å²) in [6.45, 7) is 2.15. The summed E-state index contributed by atoms with van der Waals surface area (Å²) in [5, 5.41) is 1.71. The number of aryl methyl sites for hydroxylation is 1. The number of aromatic nitrogens is 2. The fourth-order valence-electron chi connectivity index (χ4n) is 1.26. The van der Waals surface area contributed by atoms with Gasteiger partial charge in [0.2, 0.25) is 0 Å². The molecule has 0 saturated carbocycles. The van der Waals surface area contributed by atoms with Crippen LogP contribution in [0.1, 0.15) is 31.2 Å². The third kappa shape index (κ3) is 4.93. The largest absolute Gasteiger partial charge is 0.268 e. The highest BCUT2D eigenvalue weighted by molar-refractivity contribution is 8.00. The molecule has 1 rings (SSSR count). The van der Waals surface area contributed by atoms with Gasteiger partial charge in [0.15, 0.2) is 0 Å². The number of hydrogen-bond donors (Lipinski definition) is 0. The van der Waals surface area contributed by atoms with E-state index in [0.29, 0.717) is 0 Å². The average molecular weight is 226 g/mol. The van der Waals surface area contributed by atoms with Gasteiger partial charge in [0, 0.05) is 23.6 Å². The van der Waals surface area contributed by atoms with E-state index in [1.54, 1.807) is 24.2 Å². The molecule has 15 heavy (non-hydrogen) atoms. The Bertz CT molecular complexity index is 426. The summed E-state index contributed by atoms with van der Waals surface area (Å²) in [6, 6.07) is 1.92. The van der Waals surface area contributed by atoms with Crippen LogP contribution < -0.4 is 0 Å². The molecule has 0 aliphatic heterocycles. The molecule has 0 radical (unpaired) electrons. The highest BCUT2D eigenvalue weighted by atomic mass is 32.2. The fourth-order valence-corrected chi connectivity index (χ4v) is 1.98. The summed E-state index contributed by atoms with van der Waals surface area (Å²) in [7, 11) is -1.88. The van der Waals surface area contributed by atoms with Crippen LogP contribution in [0.3, 0.4) is 0 Å². The predicted octanol–water partition coefficient (Wildman–Crippen LogP) is 1.51. The van der Waals surface area contributed by atoms with Gasteiger partial charge in [-0.05, 0) is 28.4 Å². The van der Waals surface area contributed by atoms with Gasteiger partial charge >= 0.3 is 0 Å². The maximum atomic E-state index is 11.6. The molecule has 0 N–H and O–H groups in total. The lowest BCUT2D eigenvalue weighted by Gasteiger charge is -2.00. The van der Waals surface area contributed by atoms with E-state index in [1.807, 2.05) is 6.07 Å². The Morgan fingerprint density at radius 2 is 2.13 bits per heavy atom. The smallest absolute Gasteiger partial charge is 0.116 e. The molecule has 4 heteroatoms. The van der Waals surface area contributed by atoms with Crippen molar-refractivity contribution >= 4 is 14.9 Å². The number of rotatable bonds is 4. The standard InChI is InChI=1S/C11H18N2OS/c1-4-5-6-10-7-11(13-9-12-10)8-15(2,3)14/h7-9H,4-6H2,1-3H3. The SMILES string of the molecule is CCCCc1cc(C=S(C)(C)=O)ncn1. The van der Waals surface area contributed by atoms with Crippen LogP contribution in [-0.4, -0.2) is 32.1 Å². The molecular weight excluding hydrogens is 208 g/mol. The molecule has 0 aromatic carbocycles. The highest BCUT2D eigenvalue weighted by Crippen LogP contribution is 2.02. The van der Waals surface area contributed by atoms with Crippen molar-refractivity contribution in [2.45, 2.75) is 26.2 Å². The second kappa shape index (κ2) is 5.26. The van der Waals surface area contributed by atoms with E-state index in [0.717, 1.165) is 30.7 Å². The summed E-state index contributed by atoms with van der Waals surface area (Å²) in [5.41, 5.74) is 1.80. The van der Waals surface area contributed by atoms with Crippen LogP contribution in [0, 0.1) is 0 Å². The van der Waals surface area contributed by atoms with Crippen LogP contribution in [0.15, 0.2) is 12.4 Å². The molecule has 84 valence electrons. The van der Waals surface area contributed by atoms with E-state index in [4.69, 9.17) is 0 Å². The Balaban J connectivity index is 2.88. The van der Waals surface area contributed by atoms with E-state index >= 15 is 0 Å². The van der Waals surface area contributed by atoms with Gasteiger partial charge in [-0.15, -0.1) is 0 Å². The first-order valence-corrected chi connectivity index (χ1v) is 7.55. The molecule has 1 heterocycles. The van der Waals surface area contributed by atoms with Crippen molar-refractivity contribution < 1.29 is 4.21 Å². The minimum absolute atomic E-state index is 0.770. The first kappa shape index (κ1) is 12.2. The van der Waals surface area contributed by atoms with Gasteiger partial charge in [0.1, 0.15) is 6.33 Å². The second-order valence-electron chi connectivity index (χ2n) is 3.96. The Hall–Kier alpha value is -0.900. The zero-order valence-corrected chi connectivity index (χ0v) is 10.4. The van der Waals surface area contributed by atoms with Crippen LogP contribution in [0.5, 0.6) is 0 Å². The molecule has 0 spiro atoms. The molecule has 0 unspecified atom stereocenters. The van der Waals surface area contributed by atoms with E-state index in [9.17, 15) is 4.21 Å². The predicted molar refractivity (Wildman–Crippen MR) is 65.8 cm³/mol. The zero-order chi connectivity index (χ0) is 11.3. The molecule has 0 atom stereocenters. The van der Waals surface area contributed by atoms with Crippen molar-refractivity contribution in [3.63, 3.8) is 0 Å². The first-order valence-electron chi connectivity index (χ1n) is 5.11. The van der Waals surface area contributed by atoms with Crippen LogP contribution in [-0.2, 0) is 15.9 Å². The molecule has 3 nitrogen and oxygen atoms in total. The third-order valence-corrected chi connectivity index (χ3v) is 2.75. The maximum Gasteiger partial charge on any atom is 0.116 e. The van der Waals surface area contributed by atoms with Gasteiger partial charge < -0.3 is 0 Å². The van der Waals surface area contributed by atoms with Crippen LogP contribution in [0.4, 0.5) is 0 Å². The van der Waals surface area contributed by atoms with Gasteiger partial charge in [-0.25, -0.2) is 9.97 Å². The van der Waals surface area contributed by atoms with E-state index < -0.39 is 9.52 Å². The molecule has 0 amide bonds. The van der Waals surface area contributed by atoms with Gasteiger partial charge in [0.25, 0.3) is 0 Å². The average Bonchev–Trinajstić information content (AvgIpc) is 2.12. The Morgan fingerprint density at radius 1 is 1.40 bits per heavy atom. The molecule has 0 fully saturated rings. The number of hydrogen-bond acceptors (Lipinski definition) is 3. The van der Waals surface area contributed by atoms with Gasteiger partial charge in [-0.2, -0.15) is 0 Å². The van der Waals surface area contributed by atoms with Crippen LogP contribution in [0.25, 0.3) is 0 Å². The molecule has 0 bridgehead atoms. The maximum absolute atomic E-state index is 11.6. The number of unbranched alkanes of at least 4 members (excludes halogenated alkanes) is 1. The normalized spacial score (nSPS) is 11.4. The molecule has 0 saturated heterocycles. The summed E-state index contributed by atoms with van der Waals surface area (Å²) < 4.78 is 11.6. The molecular formula is C11H18N2OS. The van der Waals surface area contributed by atoms with E-state index in [2.05, 4.69) is 16.9 Å². The van der Waals surface area contributed by atoms with E-state index in [-0.39, 0.29) is 0 Å². The van der Waals surface area contributed by atoms with Gasteiger partial charge in [-0.3, -0.25) is 4.21 Å². The molecule has 0 aliphatic carbocycles. The van der Waals surface area contributed by atoms with Gasteiger partial charge in [0.05, 0.1) is 5.69 Å². The van der Waals surface area contributed by atoms with Crippen molar-refractivity contribution in [2.75, 3.05) is 12.5 Å². The minimum atomic E-state index is -1.88. The van der Waals surface area contributed by atoms with Crippen molar-refractivity contribution in [3.8, 4) is 0 Å². The van der Waals surface area contributed by atoms with Crippen LogP contribution >= 0.6 is 0 Å². The fraction of sp³-hybridized carbons (Fsp3) is 0.545. The van der Waals surface area contributed by atoms with Crippen molar-refractivity contribution in [3.05, 3.63) is 23.8 Å². The first-order chi connectivity index (χ1) is 7.01. The minimum Gasteiger partial charge on any atom is -0.268 e. The van der Waals surface area contributed by atoms with Gasteiger partial charge in [-0.1, -0.05) is 13.3 Å². The van der Waals surface area contributed by atoms with E-state index in [1.165, 1.54) is 0 Å². The summed E-state index contributed by atoms with van der Waals surface area (Å²) in [4.78, 5) is 8.27. The molecule has 0 aliphatic rings. The molecule has 1 aromatic heterocycles. The zero-order valence-electron chi connectivity index (χ0n) is 9.56. The summed E-state index contributed by atoms with van der Waals surface area (Å²) >= 11 is 0. The number of nitrogens with zero attached hydrogens (tertiary/aromatic N) is 2. The topological polar surface area (TPSA) is 42.9 Å². The Labute approximate surface area is 92.0 Å².